The fraction of sp³-hybridized carbons (Fsp3) is 0. The minimum Gasteiger partial charge on any atom is -0.309 e. The molecule has 0 fully saturated rings. The van der Waals surface area contributed by atoms with Crippen LogP contribution in [-0.4, -0.2) is 4.57 Å². The molecule has 0 saturated carbocycles. The molecule has 0 atom stereocenters. The number of para-hydroxylation sites is 1. The smallest absolute Gasteiger partial charge is 0.0547 e. The molecule has 0 amide bonds. The molecule has 6 aromatic carbocycles. The van der Waals surface area contributed by atoms with E-state index in [2.05, 4.69) is 154 Å². The molecule has 39 heavy (non-hydrogen) atoms. The van der Waals surface area contributed by atoms with E-state index in [0.29, 0.717) is 0 Å². The van der Waals surface area contributed by atoms with Crippen molar-refractivity contribution in [2.75, 3.05) is 0 Å². The highest BCUT2D eigenvalue weighted by atomic mass is 79.9. The summed E-state index contributed by atoms with van der Waals surface area (Å²) in [5.41, 5.74) is 8.50. The quantitative estimate of drug-likeness (QED) is 0.196. The lowest BCUT2D eigenvalue weighted by atomic mass is 10.0. The molecular weight excluding hydrogens is 558 g/mol. The Hall–Kier alpha value is -4.18. The highest BCUT2D eigenvalue weighted by Gasteiger charge is 2.14. The van der Waals surface area contributed by atoms with Crippen LogP contribution < -0.4 is 0 Å². The summed E-state index contributed by atoms with van der Waals surface area (Å²) in [7, 11) is 0. The Kier molecular flexibility index (Phi) is 5.22. The van der Waals surface area contributed by atoms with Crippen molar-refractivity contribution in [1.82, 2.24) is 4.57 Å². The van der Waals surface area contributed by atoms with Gasteiger partial charge in [-0.05, 0) is 70.8 Å². The van der Waals surface area contributed by atoms with Crippen LogP contribution in [0.5, 0.6) is 0 Å². The number of aromatic nitrogens is 1. The van der Waals surface area contributed by atoms with E-state index in [0.717, 1.165) is 10.2 Å². The Morgan fingerprint density at radius 2 is 1.08 bits per heavy atom. The number of hydrogen-bond acceptors (Lipinski definition) is 1. The zero-order valence-corrected chi connectivity index (χ0v) is 23.3. The Labute approximate surface area is 238 Å². The first-order valence-corrected chi connectivity index (χ1v) is 14.7. The molecule has 0 N–H and O–H groups in total. The minimum absolute atomic E-state index is 1.09. The second-order valence-corrected chi connectivity index (χ2v) is 12.0. The standard InChI is InChI=1S/C36H22BrNS/c37-27-7-5-6-24(20-27)23-12-16-28(17-13-23)38-33-10-3-1-8-29(33)30-18-14-25(21-34(30)38)26-15-19-32-31-9-2-4-11-35(31)39-36(32)22-26/h1-22H. The molecule has 0 spiro atoms. The zero-order valence-electron chi connectivity index (χ0n) is 20.9. The maximum Gasteiger partial charge on any atom is 0.0547 e. The second-order valence-electron chi connectivity index (χ2n) is 9.95. The topological polar surface area (TPSA) is 4.93 Å². The summed E-state index contributed by atoms with van der Waals surface area (Å²) in [4.78, 5) is 0. The molecule has 8 aromatic rings. The van der Waals surface area contributed by atoms with Crippen molar-refractivity contribution in [1.29, 1.82) is 0 Å². The van der Waals surface area contributed by atoms with Crippen molar-refractivity contribution in [2.24, 2.45) is 0 Å². The maximum atomic E-state index is 3.60. The summed E-state index contributed by atoms with van der Waals surface area (Å²) in [5.74, 6) is 0. The van der Waals surface area contributed by atoms with Gasteiger partial charge in [0.05, 0.1) is 11.0 Å². The molecule has 1 nitrogen and oxygen atoms in total. The van der Waals surface area contributed by atoms with Crippen molar-refractivity contribution in [3.63, 3.8) is 0 Å². The van der Waals surface area contributed by atoms with Gasteiger partial charge in [0.1, 0.15) is 0 Å². The van der Waals surface area contributed by atoms with E-state index in [1.807, 2.05) is 11.3 Å². The van der Waals surface area contributed by atoms with Crippen LogP contribution in [0.15, 0.2) is 138 Å². The number of thiophene rings is 1. The first-order chi connectivity index (χ1) is 19.2. The highest BCUT2D eigenvalue weighted by molar-refractivity contribution is 9.10. The second kappa shape index (κ2) is 8.94. The third kappa shape index (κ3) is 3.73. The summed E-state index contributed by atoms with van der Waals surface area (Å²) in [5, 5.41) is 5.22. The first kappa shape index (κ1) is 22.8. The number of halogens is 1. The average molecular weight is 581 g/mol. The van der Waals surface area contributed by atoms with Gasteiger partial charge in [-0.1, -0.05) is 101 Å². The fourth-order valence-corrected chi connectivity index (χ4v) is 7.35. The van der Waals surface area contributed by atoms with Crippen LogP contribution in [0.3, 0.4) is 0 Å². The van der Waals surface area contributed by atoms with Crippen LogP contribution in [0.4, 0.5) is 0 Å². The molecule has 0 radical (unpaired) electrons. The Bertz CT molecular complexity index is 2180. The van der Waals surface area contributed by atoms with Gasteiger partial charge in [-0.15, -0.1) is 11.3 Å². The fourth-order valence-electron chi connectivity index (χ4n) is 5.80. The van der Waals surface area contributed by atoms with Gasteiger partial charge in [0, 0.05) is 41.1 Å². The number of nitrogens with zero attached hydrogens (tertiary/aromatic N) is 1. The van der Waals surface area contributed by atoms with Gasteiger partial charge >= 0.3 is 0 Å². The lowest BCUT2D eigenvalue weighted by molar-refractivity contribution is 1.18. The van der Waals surface area contributed by atoms with Gasteiger partial charge in [0.15, 0.2) is 0 Å². The summed E-state index contributed by atoms with van der Waals surface area (Å²) in [6.07, 6.45) is 0. The summed E-state index contributed by atoms with van der Waals surface area (Å²) < 4.78 is 6.16. The van der Waals surface area contributed by atoms with Crippen LogP contribution in [0.25, 0.3) is 69.9 Å². The summed E-state index contributed by atoms with van der Waals surface area (Å²) in [6.45, 7) is 0. The van der Waals surface area contributed by atoms with Gasteiger partial charge in [-0.2, -0.15) is 0 Å². The molecule has 0 bridgehead atoms. The zero-order chi connectivity index (χ0) is 25.9. The van der Waals surface area contributed by atoms with Crippen LogP contribution in [0, 0.1) is 0 Å². The Morgan fingerprint density at radius 1 is 0.436 bits per heavy atom. The van der Waals surface area contributed by atoms with Gasteiger partial charge in [-0.3, -0.25) is 0 Å². The lowest BCUT2D eigenvalue weighted by Gasteiger charge is -2.11. The van der Waals surface area contributed by atoms with E-state index in [9.17, 15) is 0 Å². The van der Waals surface area contributed by atoms with Gasteiger partial charge in [0.25, 0.3) is 0 Å². The molecule has 0 unspecified atom stereocenters. The maximum absolute atomic E-state index is 3.60. The van der Waals surface area contributed by atoms with E-state index < -0.39 is 0 Å². The number of rotatable bonds is 3. The molecule has 0 aliphatic heterocycles. The molecule has 8 rings (SSSR count). The average Bonchev–Trinajstić information content (AvgIpc) is 3.52. The number of hydrogen-bond donors (Lipinski definition) is 0. The van der Waals surface area contributed by atoms with Gasteiger partial charge in [0.2, 0.25) is 0 Å². The minimum atomic E-state index is 1.09. The Balaban J connectivity index is 1.30. The van der Waals surface area contributed by atoms with Crippen molar-refractivity contribution in [3.8, 4) is 27.9 Å². The molecule has 2 heterocycles. The van der Waals surface area contributed by atoms with E-state index in [1.54, 1.807) is 0 Å². The van der Waals surface area contributed by atoms with Crippen LogP contribution >= 0.6 is 27.3 Å². The van der Waals surface area contributed by atoms with Crippen molar-refractivity contribution >= 4 is 69.2 Å². The molecule has 3 heteroatoms. The van der Waals surface area contributed by atoms with Gasteiger partial charge in [-0.25, -0.2) is 0 Å². The first-order valence-electron chi connectivity index (χ1n) is 13.0. The SMILES string of the molecule is Brc1cccc(-c2ccc(-n3c4ccccc4c4ccc(-c5ccc6c(c5)sc5ccccc56)cc43)cc2)c1. The normalized spacial score (nSPS) is 11.7. The third-order valence-electron chi connectivity index (χ3n) is 7.67. The van der Waals surface area contributed by atoms with Crippen molar-refractivity contribution < 1.29 is 0 Å². The van der Waals surface area contributed by atoms with Crippen LogP contribution in [0.2, 0.25) is 0 Å². The molecule has 0 aliphatic carbocycles. The van der Waals surface area contributed by atoms with E-state index in [4.69, 9.17) is 0 Å². The molecular formula is C36H22BrNS. The molecule has 0 saturated heterocycles. The third-order valence-corrected chi connectivity index (χ3v) is 9.30. The predicted molar refractivity (Wildman–Crippen MR) is 172 cm³/mol. The number of benzene rings is 6. The predicted octanol–water partition coefficient (Wildman–Crippen LogP) is 11.2. The van der Waals surface area contributed by atoms with E-state index >= 15 is 0 Å². The Morgan fingerprint density at radius 3 is 1.92 bits per heavy atom. The van der Waals surface area contributed by atoms with Crippen molar-refractivity contribution in [2.45, 2.75) is 0 Å². The summed E-state index contributed by atoms with van der Waals surface area (Å²) >= 11 is 5.47. The molecule has 184 valence electrons. The summed E-state index contributed by atoms with van der Waals surface area (Å²) in [6, 6.07) is 48.6. The molecule has 0 aliphatic rings. The monoisotopic (exact) mass is 579 g/mol. The highest BCUT2D eigenvalue weighted by Crippen LogP contribution is 2.39. The van der Waals surface area contributed by atoms with E-state index in [-0.39, 0.29) is 0 Å². The van der Waals surface area contributed by atoms with E-state index in [1.165, 1.54) is 64.2 Å². The van der Waals surface area contributed by atoms with Crippen molar-refractivity contribution in [3.05, 3.63) is 138 Å². The lowest BCUT2D eigenvalue weighted by Crippen LogP contribution is -1.94. The largest absolute Gasteiger partial charge is 0.309 e. The molecule has 2 aromatic heterocycles. The number of fused-ring (bicyclic) bond motifs is 6. The van der Waals surface area contributed by atoms with Gasteiger partial charge < -0.3 is 4.57 Å². The van der Waals surface area contributed by atoms with Crippen LogP contribution in [-0.2, 0) is 0 Å². The van der Waals surface area contributed by atoms with Crippen LogP contribution in [0.1, 0.15) is 0 Å².